The lowest BCUT2D eigenvalue weighted by Crippen LogP contribution is -2.10. The van der Waals surface area contributed by atoms with Gasteiger partial charge in [-0.25, -0.2) is 0 Å². The molecule has 14 aromatic rings. The zero-order chi connectivity index (χ0) is 44.7. The number of anilines is 3. The molecule has 1 heterocycles. The standard InChI is InChI=1S/C66H42N2/c1-3-19-48(20-4-1)67(50-35-31-43(32-36-50)61-40-46-17-7-9-23-51(46)53-25-11-15-29-57(53)61)64-42-47-18-8-10-24-52(47)66-65(64)60-38-34-45(41-63(60)68(66)49-21-5-2-6-22-49)44-33-37-59-56-28-13-12-26-54(56)55-27-14-16-30-58(55)62(59)39-44/h1-42H. The molecular weight excluding hydrogens is 821 g/mol. The second-order valence-electron chi connectivity index (χ2n) is 18.0. The number of aromatic nitrogens is 1. The highest BCUT2D eigenvalue weighted by molar-refractivity contribution is 6.27. The molecule has 0 N–H and O–H groups in total. The molecule has 0 atom stereocenters. The summed E-state index contributed by atoms with van der Waals surface area (Å²) in [5, 5.41) is 17.5. The van der Waals surface area contributed by atoms with E-state index in [-0.39, 0.29) is 0 Å². The van der Waals surface area contributed by atoms with Crippen molar-refractivity contribution in [3.8, 4) is 27.9 Å². The van der Waals surface area contributed by atoms with E-state index in [2.05, 4.69) is 264 Å². The zero-order valence-corrected chi connectivity index (χ0v) is 37.1. The molecule has 0 amide bonds. The van der Waals surface area contributed by atoms with Crippen LogP contribution in [-0.2, 0) is 0 Å². The van der Waals surface area contributed by atoms with Gasteiger partial charge in [0.1, 0.15) is 0 Å². The number of nitrogens with zero attached hydrogens (tertiary/aromatic N) is 2. The Morgan fingerprint density at radius 1 is 0.279 bits per heavy atom. The Morgan fingerprint density at radius 3 is 1.40 bits per heavy atom. The van der Waals surface area contributed by atoms with Gasteiger partial charge in [-0.3, -0.25) is 0 Å². The molecule has 14 rings (SSSR count). The van der Waals surface area contributed by atoms with Gasteiger partial charge in [0.25, 0.3) is 0 Å². The normalized spacial score (nSPS) is 11.8. The van der Waals surface area contributed by atoms with Crippen LogP contribution < -0.4 is 4.90 Å². The summed E-state index contributed by atoms with van der Waals surface area (Å²) in [5.41, 5.74) is 11.6. The monoisotopic (exact) mass is 862 g/mol. The van der Waals surface area contributed by atoms with Crippen LogP contribution in [0.25, 0.3) is 114 Å². The van der Waals surface area contributed by atoms with Gasteiger partial charge in [0, 0.05) is 33.2 Å². The smallest absolute Gasteiger partial charge is 0.0640 e. The molecule has 0 saturated heterocycles. The van der Waals surface area contributed by atoms with Crippen LogP contribution in [0.5, 0.6) is 0 Å². The average Bonchev–Trinajstić information content (AvgIpc) is 3.76. The van der Waals surface area contributed by atoms with E-state index in [1.165, 1.54) is 103 Å². The van der Waals surface area contributed by atoms with E-state index in [0.29, 0.717) is 0 Å². The first-order valence-corrected chi connectivity index (χ1v) is 23.5. The highest BCUT2D eigenvalue weighted by Crippen LogP contribution is 2.48. The number of para-hydroxylation sites is 2. The average molecular weight is 863 g/mol. The predicted octanol–water partition coefficient (Wildman–Crippen LogP) is 18.5. The molecule has 0 saturated carbocycles. The van der Waals surface area contributed by atoms with Crippen LogP contribution in [0.3, 0.4) is 0 Å². The van der Waals surface area contributed by atoms with Crippen molar-refractivity contribution in [2.24, 2.45) is 0 Å². The minimum Gasteiger partial charge on any atom is -0.310 e. The first kappa shape index (κ1) is 38.3. The molecule has 316 valence electrons. The molecule has 68 heavy (non-hydrogen) atoms. The van der Waals surface area contributed by atoms with E-state index in [1.807, 2.05) is 0 Å². The summed E-state index contributed by atoms with van der Waals surface area (Å²) >= 11 is 0. The SMILES string of the molecule is c1ccc(N(c2ccc(-c3cc4ccccc4c4ccccc34)cc2)c2cc3ccccc3c3c2c2ccc(-c4ccc5c6ccccc6c6ccccc6c5c4)cc2n3-c2ccccc2)cc1. The third kappa shape index (κ3) is 5.91. The summed E-state index contributed by atoms with van der Waals surface area (Å²) in [7, 11) is 0. The Bertz CT molecular complexity index is 4260. The maximum Gasteiger partial charge on any atom is 0.0640 e. The Balaban J connectivity index is 1.01. The topological polar surface area (TPSA) is 8.17 Å². The number of benzene rings is 13. The van der Waals surface area contributed by atoms with Gasteiger partial charge >= 0.3 is 0 Å². The van der Waals surface area contributed by atoms with E-state index in [0.717, 1.165) is 28.3 Å². The molecule has 2 heteroatoms. The highest BCUT2D eigenvalue weighted by atomic mass is 15.1. The van der Waals surface area contributed by atoms with Crippen LogP contribution in [0.2, 0.25) is 0 Å². The van der Waals surface area contributed by atoms with Crippen molar-refractivity contribution >= 4 is 104 Å². The molecule has 1 aromatic heterocycles. The molecule has 0 aliphatic carbocycles. The van der Waals surface area contributed by atoms with E-state index in [9.17, 15) is 0 Å². The van der Waals surface area contributed by atoms with Crippen LogP contribution in [0.15, 0.2) is 255 Å². The fourth-order valence-corrected chi connectivity index (χ4v) is 11.2. The first-order chi connectivity index (χ1) is 33.7. The summed E-state index contributed by atoms with van der Waals surface area (Å²) in [6.07, 6.45) is 0. The van der Waals surface area contributed by atoms with Crippen molar-refractivity contribution in [2.75, 3.05) is 4.90 Å². The maximum atomic E-state index is 2.50. The van der Waals surface area contributed by atoms with Gasteiger partial charge < -0.3 is 9.47 Å². The van der Waals surface area contributed by atoms with E-state index >= 15 is 0 Å². The van der Waals surface area contributed by atoms with Crippen molar-refractivity contribution in [1.29, 1.82) is 0 Å². The summed E-state index contributed by atoms with van der Waals surface area (Å²) in [5.74, 6) is 0. The van der Waals surface area contributed by atoms with Crippen LogP contribution in [0.1, 0.15) is 0 Å². The molecule has 0 unspecified atom stereocenters. The maximum absolute atomic E-state index is 2.50. The minimum absolute atomic E-state index is 1.09. The van der Waals surface area contributed by atoms with Crippen molar-refractivity contribution < 1.29 is 0 Å². The van der Waals surface area contributed by atoms with Crippen molar-refractivity contribution in [2.45, 2.75) is 0 Å². The van der Waals surface area contributed by atoms with Crippen LogP contribution >= 0.6 is 0 Å². The Hall–Kier alpha value is -8.98. The largest absolute Gasteiger partial charge is 0.310 e. The highest BCUT2D eigenvalue weighted by Gasteiger charge is 2.24. The molecule has 13 aromatic carbocycles. The fourth-order valence-electron chi connectivity index (χ4n) is 11.2. The van der Waals surface area contributed by atoms with Gasteiger partial charge in [-0.15, -0.1) is 0 Å². The van der Waals surface area contributed by atoms with Gasteiger partial charge in [0.15, 0.2) is 0 Å². The van der Waals surface area contributed by atoms with Crippen molar-refractivity contribution in [3.05, 3.63) is 255 Å². The van der Waals surface area contributed by atoms with Crippen molar-refractivity contribution in [1.82, 2.24) is 4.57 Å². The molecular formula is C66H42N2. The van der Waals surface area contributed by atoms with Gasteiger partial charge in [0.05, 0.1) is 16.7 Å². The first-order valence-electron chi connectivity index (χ1n) is 23.5. The molecule has 0 aliphatic heterocycles. The molecule has 2 nitrogen and oxygen atoms in total. The quantitative estimate of drug-likeness (QED) is 0.151. The van der Waals surface area contributed by atoms with E-state index < -0.39 is 0 Å². The third-order valence-electron chi connectivity index (χ3n) is 14.3. The molecule has 0 fully saturated rings. The zero-order valence-electron chi connectivity index (χ0n) is 37.1. The lowest BCUT2D eigenvalue weighted by Gasteiger charge is -2.27. The third-order valence-corrected chi connectivity index (χ3v) is 14.3. The van der Waals surface area contributed by atoms with Crippen LogP contribution in [0, 0.1) is 0 Å². The second kappa shape index (κ2) is 15.3. The molecule has 0 aliphatic rings. The van der Waals surface area contributed by atoms with E-state index in [4.69, 9.17) is 0 Å². The summed E-state index contributed by atoms with van der Waals surface area (Å²) in [6, 6.07) is 93.9. The lowest BCUT2D eigenvalue weighted by atomic mass is 9.92. The number of rotatable bonds is 6. The summed E-state index contributed by atoms with van der Waals surface area (Å²) in [4.78, 5) is 2.46. The number of fused-ring (bicyclic) bond motifs is 14. The van der Waals surface area contributed by atoms with Crippen molar-refractivity contribution in [3.63, 3.8) is 0 Å². The van der Waals surface area contributed by atoms with Gasteiger partial charge in [0.2, 0.25) is 0 Å². The second-order valence-corrected chi connectivity index (χ2v) is 18.0. The molecule has 0 spiro atoms. The van der Waals surface area contributed by atoms with Crippen LogP contribution in [0.4, 0.5) is 17.1 Å². The van der Waals surface area contributed by atoms with Crippen LogP contribution in [-0.4, -0.2) is 4.57 Å². The van der Waals surface area contributed by atoms with Gasteiger partial charge in [-0.05, 0) is 142 Å². The number of hydrogen-bond acceptors (Lipinski definition) is 1. The van der Waals surface area contributed by atoms with Gasteiger partial charge in [-0.2, -0.15) is 0 Å². The molecule has 0 bridgehead atoms. The van der Waals surface area contributed by atoms with Gasteiger partial charge in [-0.1, -0.05) is 194 Å². The summed E-state index contributed by atoms with van der Waals surface area (Å²) < 4.78 is 2.50. The Kier molecular flexibility index (Phi) is 8.62. The fraction of sp³-hybridized carbons (Fsp3) is 0. The minimum atomic E-state index is 1.09. The predicted molar refractivity (Wildman–Crippen MR) is 291 cm³/mol. The van der Waals surface area contributed by atoms with E-state index in [1.54, 1.807) is 0 Å². The Labute approximate surface area is 393 Å². The number of hydrogen-bond donors (Lipinski definition) is 0. The molecule has 0 radical (unpaired) electrons. The summed E-state index contributed by atoms with van der Waals surface area (Å²) in [6.45, 7) is 0. The Morgan fingerprint density at radius 2 is 0.735 bits per heavy atom. The lowest BCUT2D eigenvalue weighted by molar-refractivity contribution is 1.19.